The smallest absolute Gasteiger partial charge is 0.356 e. The number of oxime groups is 1. The summed E-state index contributed by atoms with van der Waals surface area (Å²) in [6.07, 6.45) is 0.173. The van der Waals surface area contributed by atoms with Crippen LogP contribution in [0.3, 0.4) is 0 Å². The lowest BCUT2D eigenvalue weighted by atomic mass is 10.1. The van der Waals surface area contributed by atoms with Crippen molar-refractivity contribution in [2.24, 2.45) is 5.16 Å². The van der Waals surface area contributed by atoms with Gasteiger partial charge in [-0.25, -0.2) is 4.79 Å². The van der Waals surface area contributed by atoms with Crippen molar-refractivity contribution >= 4 is 11.7 Å². The highest BCUT2D eigenvalue weighted by atomic mass is 16.7. The molecule has 1 aromatic carbocycles. The van der Waals surface area contributed by atoms with Crippen LogP contribution in [0.1, 0.15) is 12.5 Å². The summed E-state index contributed by atoms with van der Waals surface area (Å²) < 4.78 is 15.2. The Morgan fingerprint density at radius 3 is 2.94 bits per heavy atom. The average Bonchev–Trinajstić information content (AvgIpc) is 2.83. The van der Waals surface area contributed by atoms with E-state index >= 15 is 0 Å². The van der Waals surface area contributed by atoms with E-state index in [9.17, 15) is 4.79 Å². The SMILES string of the molecule is CCOC(=O)/C(Cc1ccc2c(c1)OCO2)=N\O. The van der Waals surface area contributed by atoms with Gasteiger partial charge < -0.3 is 19.4 Å². The second-order valence-electron chi connectivity index (χ2n) is 3.63. The fourth-order valence-corrected chi connectivity index (χ4v) is 1.61. The highest BCUT2D eigenvalue weighted by Gasteiger charge is 2.17. The number of benzene rings is 1. The van der Waals surface area contributed by atoms with Gasteiger partial charge in [-0.3, -0.25) is 0 Å². The van der Waals surface area contributed by atoms with Crippen LogP contribution in [0, 0.1) is 0 Å². The highest BCUT2D eigenvalue weighted by Crippen LogP contribution is 2.32. The molecule has 18 heavy (non-hydrogen) atoms. The summed E-state index contributed by atoms with van der Waals surface area (Å²) in [6.45, 7) is 2.12. The molecule has 0 amide bonds. The summed E-state index contributed by atoms with van der Waals surface area (Å²) in [7, 11) is 0. The fourth-order valence-electron chi connectivity index (χ4n) is 1.61. The van der Waals surface area contributed by atoms with E-state index in [2.05, 4.69) is 5.16 Å². The molecule has 6 nitrogen and oxygen atoms in total. The lowest BCUT2D eigenvalue weighted by Crippen LogP contribution is -2.20. The van der Waals surface area contributed by atoms with Gasteiger partial charge in [0.05, 0.1) is 6.61 Å². The molecule has 0 bridgehead atoms. The summed E-state index contributed by atoms with van der Waals surface area (Å²) in [5.74, 6) is 0.656. The Morgan fingerprint density at radius 1 is 1.44 bits per heavy atom. The lowest BCUT2D eigenvalue weighted by Gasteiger charge is -2.05. The van der Waals surface area contributed by atoms with Crippen LogP contribution in [0.15, 0.2) is 23.4 Å². The zero-order valence-electron chi connectivity index (χ0n) is 9.88. The van der Waals surface area contributed by atoms with Crippen LogP contribution in [0.4, 0.5) is 0 Å². The molecule has 0 fully saturated rings. The molecule has 0 aromatic heterocycles. The second kappa shape index (κ2) is 5.39. The van der Waals surface area contributed by atoms with E-state index in [4.69, 9.17) is 19.4 Å². The topological polar surface area (TPSA) is 77.4 Å². The summed E-state index contributed by atoms with van der Waals surface area (Å²) in [5.41, 5.74) is 0.732. The van der Waals surface area contributed by atoms with E-state index in [1.165, 1.54) is 0 Å². The van der Waals surface area contributed by atoms with Crippen LogP contribution in [-0.2, 0) is 16.0 Å². The molecule has 1 aromatic rings. The number of rotatable bonds is 4. The highest BCUT2D eigenvalue weighted by molar-refractivity contribution is 6.36. The van der Waals surface area contributed by atoms with E-state index in [0.29, 0.717) is 11.5 Å². The third kappa shape index (κ3) is 2.53. The van der Waals surface area contributed by atoms with Crippen molar-refractivity contribution in [2.75, 3.05) is 13.4 Å². The first-order valence-corrected chi connectivity index (χ1v) is 5.51. The van der Waals surface area contributed by atoms with Gasteiger partial charge in [-0.05, 0) is 24.6 Å². The first kappa shape index (κ1) is 12.2. The van der Waals surface area contributed by atoms with E-state index in [1.807, 2.05) is 0 Å². The average molecular weight is 251 g/mol. The first-order valence-electron chi connectivity index (χ1n) is 5.51. The van der Waals surface area contributed by atoms with Crippen molar-refractivity contribution < 1.29 is 24.2 Å². The van der Waals surface area contributed by atoms with Gasteiger partial charge in [0.2, 0.25) is 6.79 Å². The zero-order valence-corrected chi connectivity index (χ0v) is 9.88. The van der Waals surface area contributed by atoms with Crippen molar-refractivity contribution in [3.63, 3.8) is 0 Å². The maximum atomic E-state index is 11.4. The van der Waals surface area contributed by atoms with Crippen molar-refractivity contribution in [3.05, 3.63) is 23.8 Å². The van der Waals surface area contributed by atoms with Crippen molar-refractivity contribution in [3.8, 4) is 11.5 Å². The predicted octanol–water partition coefficient (Wildman–Crippen LogP) is 1.35. The Kier molecular flexibility index (Phi) is 3.66. The molecule has 0 atom stereocenters. The molecule has 0 saturated carbocycles. The minimum absolute atomic E-state index is 0.0456. The van der Waals surface area contributed by atoms with Crippen LogP contribution < -0.4 is 9.47 Å². The van der Waals surface area contributed by atoms with E-state index in [0.717, 1.165) is 5.56 Å². The third-order valence-corrected chi connectivity index (χ3v) is 2.44. The van der Waals surface area contributed by atoms with Gasteiger partial charge in [0.25, 0.3) is 0 Å². The van der Waals surface area contributed by atoms with Gasteiger partial charge in [-0.1, -0.05) is 11.2 Å². The molecule has 1 aliphatic rings. The lowest BCUT2D eigenvalue weighted by molar-refractivity contribution is -0.135. The number of hydrogen-bond acceptors (Lipinski definition) is 6. The summed E-state index contributed by atoms with van der Waals surface area (Å²) >= 11 is 0. The second-order valence-corrected chi connectivity index (χ2v) is 3.63. The molecule has 96 valence electrons. The Bertz CT molecular complexity index is 483. The van der Waals surface area contributed by atoms with E-state index in [1.54, 1.807) is 25.1 Å². The van der Waals surface area contributed by atoms with Crippen LogP contribution in [0.5, 0.6) is 11.5 Å². The number of hydrogen-bond donors (Lipinski definition) is 1. The van der Waals surface area contributed by atoms with Crippen molar-refractivity contribution in [2.45, 2.75) is 13.3 Å². The predicted molar refractivity (Wildman–Crippen MR) is 62.1 cm³/mol. The number of carbonyl (C=O) groups is 1. The molecule has 6 heteroatoms. The number of carbonyl (C=O) groups excluding carboxylic acids is 1. The van der Waals surface area contributed by atoms with Crippen molar-refractivity contribution in [1.82, 2.24) is 0 Å². The quantitative estimate of drug-likeness (QED) is 0.378. The molecule has 2 rings (SSSR count). The maximum Gasteiger partial charge on any atom is 0.356 e. The first-order chi connectivity index (χ1) is 8.74. The van der Waals surface area contributed by atoms with E-state index in [-0.39, 0.29) is 25.5 Å². The summed E-state index contributed by atoms with van der Waals surface area (Å²) in [6, 6.07) is 5.27. The van der Waals surface area contributed by atoms with Crippen LogP contribution >= 0.6 is 0 Å². The Morgan fingerprint density at radius 2 is 2.22 bits per heavy atom. The summed E-state index contributed by atoms with van der Waals surface area (Å²) in [5, 5.41) is 11.8. The van der Waals surface area contributed by atoms with Gasteiger partial charge in [0, 0.05) is 6.42 Å². The molecule has 1 heterocycles. The Balaban J connectivity index is 2.11. The molecular formula is C12H13NO5. The zero-order chi connectivity index (χ0) is 13.0. The normalized spacial score (nSPS) is 13.5. The Labute approximate surface area is 104 Å². The molecule has 0 unspecified atom stereocenters. The van der Waals surface area contributed by atoms with Crippen LogP contribution in [0.2, 0.25) is 0 Å². The van der Waals surface area contributed by atoms with Crippen molar-refractivity contribution in [1.29, 1.82) is 0 Å². The fraction of sp³-hybridized carbons (Fsp3) is 0.333. The molecule has 0 saturated heterocycles. The number of nitrogens with zero attached hydrogens (tertiary/aromatic N) is 1. The summed E-state index contributed by atoms with van der Waals surface area (Å²) in [4.78, 5) is 11.4. The van der Waals surface area contributed by atoms with Gasteiger partial charge in [0.15, 0.2) is 17.2 Å². The number of ether oxygens (including phenoxy) is 3. The molecule has 1 aliphatic heterocycles. The Hall–Kier alpha value is -2.24. The molecule has 0 radical (unpaired) electrons. The molecule has 0 spiro atoms. The minimum Gasteiger partial charge on any atom is -0.461 e. The number of fused-ring (bicyclic) bond motifs is 1. The molecule has 1 N–H and O–H groups in total. The van der Waals surface area contributed by atoms with Gasteiger partial charge in [-0.15, -0.1) is 0 Å². The third-order valence-electron chi connectivity index (χ3n) is 2.44. The van der Waals surface area contributed by atoms with Crippen LogP contribution in [0.25, 0.3) is 0 Å². The number of esters is 1. The van der Waals surface area contributed by atoms with Gasteiger partial charge >= 0.3 is 5.97 Å². The largest absolute Gasteiger partial charge is 0.461 e. The molecule has 0 aliphatic carbocycles. The minimum atomic E-state index is -0.627. The van der Waals surface area contributed by atoms with Gasteiger partial charge in [-0.2, -0.15) is 0 Å². The monoisotopic (exact) mass is 251 g/mol. The molecular weight excluding hydrogens is 238 g/mol. The maximum absolute atomic E-state index is 11.4. The standard InChI is InChI=1S/C12H13NO5/c1-2-16-12(14)9(13-15)5-8-3-4-10-11(6-8)18-7-17-10/h3-4,6,15H,2,5,7H2,1H3/b13-9-. The van der Waals surface area contributed by atoms with Crippen LogP contribution in [-0.4, -0.2) is 30.3 Å². The van der Waals surface area contributed by atoms with E-state index < -0.39 is 5.97 Å². The van der Waals surface area contributed by atoms with Gasteiger partial charge in [0.1, 0.15) is 0 Å².